The molecule has 0 bridgehead atoms. The van der Waals surface area contributed by atoms with Crippen molar-refractivity contribution in [1.29, 1.82) is 0 Å². The van der Waals surface area contributed by atoms with Gasteiger partial charge in [0.15, 0.2) is 0 Å². The summed E-state index contributed by atoms with van der Waals surface area (Å²) in [6, 6.07) is 0. The monoisotopic (exact) mass is 474 g/mol. The second-order valence-electron chi connectivity index (χ2n) is 9.30. The Labute approximate surface area is 203 Å². The number of carbonyl (C=O) groups is 1. The first-order valence-corrected chi connectivity index (χ1v) is 13.7. The first kappa shape index (κ1) is 32.3. The minimum absolute atomic E-state index is 0.202. The number of rotatable bonds is 26. The average molecular weight is 475 g/mol. The second kappa shape index (κ2) is 25.9. The highest BCUT2D eigenvalue weighted by Crippen LogP contribution is 2.13. The van der Waals surface area contributed by atoms with Gasteiger partial charge in [0.25, 0.3) is 0 Å². The molecule has 6 heteroatoms. The highest BCUT2D eigenvalue weighted by molar-refractivity contribution is 5.65. The van der Waals surface area contributed by atoms with Crippen molar-refractivity contribution in [3.05, 3.63) is 0 Å². The number of aliphatic hydroxyl groups excluding tert-OH is 2. The van der Waals surface area contributed by atoms with E-state index in [0.29, 0.717) is 26.2 Å². The molecule has 0 radical (unpaired) electrons. The van der Waals surface area contributed by atoms with Crippen LogP contribution in [0, 0.1) is 0 Å². The Balaban J connectivity index is 3.56. The zero-order valence-electron chi connectivity index (χ0n) is 21.7. The maximum absolute atomic E-state index is 11.1. The number of ether oxygens (including phenoxy) is 3. The van der Waals surface area contributed by atoms with Crippen molar-refractivity contribution in [1.82, 2.24) is 0 Å². The smallest absolute Gasteiger partial charge is 0.302 e. The molecule has 0 rings (SSSR count). The van der Waals surface area contributed by atoms with Crippen LogP contribution < -0.4 is 0 Å². The number of aliphatic hydroxyl groups is 2. The van der Waals surface area contributed by atoms with E-state index >= 15 is 0 Å². The molecule has 2 atom stereocenters. The van der Waals surface area contributed by atoms with E-state index in [0.717, 1.165) is 19.3 Å². The Morgan fingerprint density at radius 3 is 1.76 bits per heavy atom. The fourth-order valence-electron chi connectivity index (χ4n) is 3.79. The standard InChI is InChI=1S/C27H54O6/c1-3-4-5-6-7-8-9-10-11-12-13-14-15-17-20-31-23-27(24-33-25(2)29)32-21-18-16-19-26(30)22-28/h26-28,30H,3-24H2,1-2H3. The zero-order valence-corrected chi connectivity index (χ0v) is 21.7. The largest absolute Gasteiger partial charge is 0.463 e. The lowest BCUT2D eigenvalue weighted by molar-refractivity contribution is -0.147. The molecular formula is C27H54O6. The van der Waals surface area contributed by atoms with Crippen LogP contribution in [0.5, 0.6) is 0 Å². The summed E-state index contributed by atoms with van der Waals surface area (Å²) in [7, 11) is 0. The van der Waals surface area contributed by atoms with Gasteiger partial charge in [0.1, 0.15) is 12.7 Å². The maximum atomic E-state index is 11.1. The van der Waals surface area contributed by atoms with Gasteiger partial charge in [-0.2, -0.15) is 0 Å². The summed E-state index contributed by atoms with van der Waals surface area (Å²) in [6.07, 6.45) is 20.0. The second-order valence-corrected chi connectivity index (χ2v) is 9.30. The molecule has 0 amide bonds. The topological polar surface area (TPSA) is 85.2 Å². The molecule has 0 aliphatic rings. The van der Waals surface area contributed by atoms with Crippen LogP contribution in [0.2, 0.25) is 0 Å². The average Bonchev–Trinajstić information content (AvgIpc) is 2.81. The van der Waals surface area contributed by atoms with Gasteiger partial charge in [-0.15, -0.1) is 0 Å². The van der Waals surface area contributed by atoms with Crippen LogP contribution in [0.4, 0.5) is 0 Å². The normalized spacial score (nSPS) is 13.2. The highest BCUT2D eigenvalue weighted by Gasteiger charge is 2.12. The molecule has 198 valence electrons. The van der Waals surface area contributed by atoms with Gasteiger partial charge in [-0.05, 0) is 25.7 Å². The lowest BCUT2D eigenvalue weighted by Crippen LogP contribution is -2.27. The zero-order chi connectivity index (χ0) is 24.4. The fraction of sp³-hybridized carbons (Fsp3) is 0.963. The summed E-state index contributed by atoms with van der Waals surface area (Å²) in [6.45, 7) is 5.31. The van der Waals surface area contributed by atoms with Gasteiger partial charge in [0, 0.05) is 20.1 Å². The van der Waals surface area contributed by atoms with Gasteiger partial charge in [0.05, 0.1) is 19.3 Å². The number of esters is 1. The lowest BCUT2D eigenvalue weighted by atomic mass is 10.0. The Morgan fingerprint density at radius 1 is 0.727 bits per heavy atom. The molecule has 0 aliphatic carbocycles. The Kier molecular flexibility index (Phi) is 25.4. The van der Waals surface area contributed by atoms with E-state index in [4.69, 9.17) is 19.3 Å². The van der Waals surface area contributed by atoms with E-state index in [-0.39, 0.29) is 25.3 Å². The summed E-state index contributed by atoms with van der Waals surface area (Å²) in [4.78, 5) is 11.1. The maximum Gasteiger partial charge on any atom is 0.302 e. The fourth-order valence-corrected chi connectivity index (χ4v) is 3.79. The summed E-state index contributed by atoms with van der Waals surface area (Å²) >= 11 is 0. The van der Waals surface area contributed by atoms with E-state index in [1.54, 1.807) is 0 Å². The molecule has 2 unspecified atom stereocenters. The van der Waals surface area contributed by atoms with Crippen molar-refractivity contribution in [2.45, 2.75) is 135 Å². The molecule has 2 N–H and O–H groups in total. The van der Waals surface area contributed by atoms with E-state index < -0.39 is 6.10 Å². The minimum atomic E-state index is -0.657. The summed E-state index contributed by atoms with van der Waals surface area (Å²) in [5, 5.41) is 18.2. The van der Waals surface area contributed by atoms with Crippen LogP contribution in [-0.4, -0.2) is 61.4 Å². The van der Waals surface area contributed by atoms with Crippen LogP contribution in [0.3, 0.4) is 0 Å². The molecule has 0 heterocycles. The number of hydrogen-bond acceptors (Lipinski definition) is 6. The SMILES string of the molecule is CCCCCCCCCCCCCCCCOCC(COC(C)=O)OCCCCC(O)CO. The van der Waals surface area contributed by atoms with Crippen molar-refractivity contribution in [3.8, 4) is 0 Å². The van der Waals surface area contributed by atoms with Crippen molar-refractivity contribution in [3.63, 3.8) is 0 Å². The lowest BCUT2D eigenvalue weighted by Gasteiger charge is -2.18. The molecule has 0 spiro atoms. The van der Waals surface area contributed by atoms with Crippen LogP contribution >= 0.6 is 0 Å². The van der Waals surface area contributed by atoms with Crippen LogP contribution in [0.1, 0.15) is 123 Å². The van der Waals surface area contributed by atoms with Crippen molar-refractivity contribution >= 4 is 5.97 Å². The quantitative estimate of drug-likeness (QED) is 0.119. The first-order chi connectivity index (χ1) is 16.1. The molecule has 0 aromatic carbocycles. The van der Waals surface area contributed by atoms with Crippen molar-refractivity contribution < 1.29 is 29.2 Å². The molecule has 0 saturated carbocycles. The molecule has 0 fully saturated rings. The molecule has 0 aromatic heterocycles. The molecule has 0 aliphatic heterocycles. The number of carbonyl (C=O) groups excluding carboxylic acids is 1. The third-order valence-electron chi connectivity index (χ3n) is 5.91. The van der Waals surface area contributed by atoms with Crippen LogP contribution in [0.15, 0.2) is 0 Å². The molecular weight excluding hydrogens is 420 g/mol. The molecule has 0 aromatic rings. The summed E-state index contributed by atoms with van der Waals surface area (Å²) < 4.78 is 16.6. The van der Waals surface area contributed by atoms with E-state index in [9.17, 15) is 9.90 Å². The van der Waals surface area contributed by atoms with Crippen LogP contribution in [-0.2, 0) is 19.0 Å². The molecule has 6 nitrogen and oxygen atoms in total. The predicted octanol–water partition coefficient (Wildman–Crippen LogP) is 5.96. The summed E-state index contributed by atoms with van der Waals surface area (Å²) in [5.41, 5.74) is 0. The van der Waals surface area contributed by atoms with Gasteiger partial charge in [-0.1, -0.05) is 90.4 Å². The number of unbranched alkanes of at least 4 members (excludes halogenated alkanes) is 14. The minimum Gasteiger partial charge on any atom is -0.463 e. The molecule has 0 saturated heterocycles. The number of hydrogen-bond donors (Lipinski definition) is 2. The van der Waals surface area contributed by atoms with Gasteiger partial charge in [0.2, 0.25) is 0 Å². The third kappa shape index (κ3) is 25.8. The first-order valence-electron chi connectivity index (χ1n) is 13.7. The van der Waals surface area contributed by atoms with Gasteiger partial charge in [-0.3, -0.25) is 4.79 Å². The van der Waals surface area contributed by atoms with Crippen LogP contribution in [0.25, 0.3) is 0 Å². The third-order valence-corrected chi connectivity index (χ3v) is 5.91. The predicted molar refractivity (Wildman–Crippen MR) is 134 cm³/mol. The van der Waals surface area contributed by atoms with Crippen molar-refractivity contribution in [2.75, 3.05) is 33.0 Å². The van der Waals surface area contributed by atoms with Gasteiger partial charge >= 0.3 is 5.97 Å². The highest BCUT2D eigenvalue weighted by atomic mass is 16.6. The van der Waals surface area contributed by atoms with E-state index in [2.05, 4.69) is 6.92 Å². The Hall–Kier alpha value is -0.690. The van der Waals surface area contributed by atoms with Crippen molar-refractivity contribution in [2.24, 2.45) is 0 Å². The van der Waals surface area contributed by atoms with E-state index in [1.807, 2.05) is 0 Å². The van der Waals surface area contributed by atoms with E-state index in [1.165, 1.54) is 90.4 Å². The summed E-state index contributed by atoms with van der Waals surface area (Å²) in [5.74, 6) is -0.318. The van der Waals surface area contributed by atoms with Gasteiger partial charge in [-0.25, -0.2) is 0 Å². The van der Waals surface area contributed by atoms with Gasteiger partial charge < -0.3 is 24.4 Å². The Morgan fingerprint density at radius 2 is 1.24 bits per heavy atom. The molecule has 33 heavy (non-hydrogen) atoms. The Bertz CT molecular complexity index is 404.